The van der Waals surface area contributed by atoms with Crippen LogP contribution >= 0.6 is 11.6 Å². The molecule has 3 rings (SSSR count). The molecule has 0 spiro atoms. The zero-order valence-electron chi connectivity index (χ0n) is 17.3. The van der Waals surface area contributed by atoms with Crippen LogP contribution in [0.5, 0.6) is 11.5 Å². The fraction of sp³-hybridized carbons (Fsp3) is 0.160. The lowest BCUT2D eigenvalue weighted by atomic mass is 10.1. The van der Waals surface area contributed by atoms with Crippen molar-refractivity contribution < 1.29 is 14.3 Å². The molecule has 0 aliphatic heterocycles. The fourth-order valence-electron chi connectivity index (χ4n) is 2.87. The second kappa shape index (κ2) is 9.99. The first-order chi connectivity index (χ1) is 14.5. The first-order valence-corrected chi connectivity index (χ1v) is 9.90. The Labute approximate surface area is 182 Å². The highest BCUT2D eigenvalue weighted by Crippen LogP contribution is 2.30. The molecular weight excluding hydrogens is 398 g/mol. The molecule has 30 heavy (non-hydrogen) atoms. The number of ether oxygens (including phenoxy) is 2. The van der Waals surface area contributed by atoms with Crippen LogP contribution in [0.15, 0.2) is 72.8 Å². The van der Waals surface area contributed by atoms with E-state index in [1.54, 1.807) is 19.3 Å². The number of nitrogens with zero attached hydrogens (tertiary/aromatic N) is 1. The van der Waals surface area contributed by atoms with Crippen LogP contribution in [0.4, 0.5) is 5.69 Å². The van der Waals surface area contributed by atoms with Gasteiger partial charge in [0.05, 0.1) is 7.11 Å². The van der Waals surface area contributed by atoms with E-state index in [-0.39, 0.29) is 5.78 Å². The molecule has 0 heterocycles. The van der Waals surface area contributed by atoms with Crippen LogP contribution in [0.2, 0.25) is 5.02 Å². The summed E-state index contributed by atoms with van der Waals surface area (Å²) < 4.78 is 11.3. The van der Waals surface area contributed by atoms with Gasteiger partial charge in [-0.25, -0.2) is 0 Å². The molecule has 0 amide bonds. The topological polar surface area (TPSA) is 38.8 Å². The molecule has 0 N–H and O–H groups in total. The standard InChI is InChI=1S/C25H24ClNO3/c1-27(2)21-12-10-19(11-13-21)23(28)14-8-18-9-15-24(25(16-18)29-3)30-17-20-6-4-5-7-22(20)26/h4-16H,17H2,1-3H3/b14-8+. The van der Waals surface area contributed by atoms with Gasteiger partial charge in [0.25, 0.3) is 0 Å². The number of ketones is 1. The van der Waals surface area contributed by atoms with Crippen molar-refractivity contribution in [2.45, 2.75) is 6.61 Å². The third kappa shape index (κ3) is 5.43. The molecule has 0 saturated heterocycles. The van der Waals surface area contributed by atoms with Gasteiger partial charge < -0.3 is 14.4 Å². The molecule has 0 unspecified atom stereocenters. The third-order valence-corrected chi connectivity index (χ3v) is 4.99. The Morgan fingerprint density at radius 2 is 1.73 bits per heavy atom. The second-order valence-corrected chi connectivity index (χ2v) is 7.34. The number of carbonyl (C=O) groups excluding carboxylic acids is 1. The first-order valence-electron chi connectivity index (χ1n) is 9.52. The average molecular weight is 422 g/mol. The van der Waals surface area contributed by atoms with E-state index in [0.717, 1.165) is 16.8 Å². The molecule has 3 aromatic carbocycles. The number of hydrogen-bond acceptors (Lipinski definition) is 4. The number of anilines is 1. The van der Waals surface area contributed by atoms with Crippen molar-refractivity contribution in [3.05, 3.63) is 94.5 Å². The van der Waals surface area contributed by atoms with Crippen molar-refractivity contribution >= 4 is 29.1 Å². The Hall–Kier alpha value is -3.24. The highest BCUT2D eigenvalue weighted by molar-refractivity contribution is 6.31. The fourth-order valence-corrected chi connectivity index (χ4v) is 3.06. The molecule has 0 aliphatic carbocycles. The Kier molecular flexibility index (Phi) is 7.15. The molecule has 0 fully saturated rings. The second-order valence-electron chi connectivity index (χ2n) is 6.93. The number of halogens is 1. The van der Waals surface area contributed by atoms with Crippen LogP contribution < -0.4 is 14.4 Å². The van der Waals surface area contributed by atoms with Gasteiger partial charge in [0, 0.05) is 35.9 Å². The molecule has 0 aliphatic rings. The van der Waals surface area contributed by atoms with Gasteiger partial charge in [-0.1, -0.05) is 41.9 Å². The van der Waals surface area contributed by atoms with E-state index in [1.165, 1.54) is 0 Å². The van der Waals surface area contributed by atoms with Gasteiger partial charge in [-0.3, -0.25) is 4.79 Å². The number of benzene rings is 3. The van der Waals surface area contributed by atoms with E-state index in [4.69, 9.17) is 21.1 Å². The van der Waals surface area contributed by atoms with Crippen molar-refractivity contribution in [1.29, 1.82) is 0 Å². The molecule has 5 heteroatoms. The van der Waals surface area contributed by atoms with Crippen molar-refractivity contribution in [1.82, 2.24) is 0 Å². The number of allylic oxidation sites excluding steroid dienone is 1. The van der Waals surface area contributed by atoms with E-state index in [1.807, 2.05) is 85.7 Å². The smallest absolute Gasteiger partial charge is 0.185 e. The van der Waals surface area contributed by atoms with Crippen LogP contribution in [0.1, 0.15) is 21.5 Å². The molecule has 0 radical (unpaired) electrons. The Bertz CT molecular complexity index is 1040. The summed E-state index contributed by atoms with van der Waals surface area (Å²) in [4.78, 5) is 14.4. The molecule has 4 nitrogen and oxygen atoms in total. The van der Waals surface area contributed by atoms with Crippen molar-refractivity contribution in [3.8, 4) is 11.5 Å². The van der Waals surface area contributed by atoms with Crippen LogP contribution in [0.3, 0.4) is 0 Å². The monoisotopic (exact) mass is 421 g/mol. The van der Waals surface area contributed by atoms with Gasteiger partial charge in [0.2, 0.25) is 0 Å². The summed E-state index contributed by atoms with van der Waals surface area (Å²) in [5.41, 5.74) is 3.43. The van der Waals surface area contributed by atoms with Crippen LogP contribution in [-0.2, 0) is 6.61 Å². The minimum absolute atomic E-state index is 0.0571. The summed E-state index contributed by atoms with van der Waals surface area (Å²) in [5.74, 6) is 1.14. The maximum atomic E-state index is 12.4. The normalized spacial score (nSPS) is 10.8. The van der Waals surface area contributed by atoms with Crippen LogP contribution in [0.25, 0.3) is 6.08 Å². The zero-order chi connectivity index (χ0) is 21.5. The number of methoxy groups -OCH3 is 1. The number of hydrogen-bond donors (Lipinski definition) is 0. The maximum absolute atomic E-state index is 12.4. The molecule has 3 aromatic rings. The maximum Gasteiger partial charge on any atom is 0.185 e. The van der Waals surface area contributed by atoms with Crippen molar-refractivity contribution in [2.24, 2.45) is 0 Å². The number of carbonyl (C=O) groups is 1. The van der Waals surface area contributed by atoms with E-state index in [0.29, 0.717) is 28.7 Å². The third-order valence-electron chi connectivity index (χ3n) is 4.62. The van der Waals surface area contributed by atoms with Crippen molar-refractivity contribution in [2.75, 3.05) is 26.1 Å². The average Bonchev–Trinajstić information content (AvgIpc) is 2.77. The van der Waals surface area contributed by atoms with E-state index in [2.05, 4.69) is 0 Å². The lowest BCUT2D eigenvalue weighted by molar-refractivity contribution is 0.104. The summed E-state index contributed by atoms with van der Waals surface area (Å²) in [6.07, 6.45) is 3.33. The SMILES string of the molecule is COc1cc(/C=C/C(=O)c2ccc(N(C)C)cc2)ccc1OCc1ccccc1Cl. The predicted molar refractivity (Wildman–Crippen MR) is 123 cm³/mol. The summed E-state index contributed by atoms with van der Waals surface area (Å²) >= 11 is 6.18. The van der Waals surface area contributed by atoms with Gasteiger partial charge in [0.1, 0.15) is 6.61 Å². The summed E-state index contributed by atoms with van der Waals surface area (Å²) in [7, 11) is 5.51. The van der Waals surface area contributed by atoms with E-state index >= 15 is 0 Å². The van der Waals surface area contributed by atoms with Gasteiger partial charge in [0.15, 0.2) is 17.3 Å². The summed E-state index contributed by atoms with van der Waals surface area (Å²) in [6.45, 7) is 0.340. The Morgan fingerprint density at radius 3 is 2.40 bits per heavy atom. The predicted octanol–water partition coefficient (Wildman–Crippen LogP) is 5.89. The first kappa shape index (κ1) is 21.5. The van der Waals surface area contributed by atoms with Gasteiger partial charge in [-0.05, 0) is 54.1 Å². The van der Waals surface area contributed by atoms with Gasteiger partial charge in [-0.15, -0.1) is 0 Å². The minimum Gasteiger partial charge on any atom is -0.493 e. The van der Waals surface area contributed by atoms with E-state index in [9.17, 15) is 4.79 Å². The van der Waals surface area contributed by atoms with Crippen LogP contribution in [0, 0.1) is 0 Å². The number of rotatable bonds is 8. The summed E-state index contributed by atoms with van der Waals surface area (Å²) in [5, 5.41) is 0.660. The van der Waals surface area contributed by atoms with Crippen molar-refractivity contribution in [3.63, 3.8) is 0 Å². The highest BCUT2D eigenvalue weighted by atomic mass is 35.5. The molecule has 0 saturated carbocycles. The zero-order valence-corrected chi connectivity index (χ0v) is 18.0. The van der Waals surface area contributed by atoms with Crippen LogP contribution in [-0.4, -0.2) is 27.0 Å². The van der Waals surface area contributed by atoms with E-state index < -0.39 is 0 Å². The minimum atomic E-state index is -0.0571. The van der Waals surface area contributed by atoms with Gasteiger partial charge >= 0.3 is 0 Å². The lowest BCUT2D eigenvalue weighted by Gasteiger charge is -2.12. The van der Waals surface area contributed by atoms with Gasteiger partial charge in [-0.2, -0.15) is 0 Å². The molecular formula is C25H24ClNO3. The quantitative estimate of drug-likeness (QED) is 0.336. The summed E-state index contributed by atoms with van der Waals surface area (Å²) in [6, 6.07) is 20.6. The highest BCUT2D eigenvalue weighted by Gasteiger charge is 2.08. The largest absolute Gasteiger partial charge is 0.493 e. The Balaban J connectivity index is 1.69. The molecule has 0 aromatic heterocycles. The molecule has 154 valence electrons. The Morgan fingerprint density at radius 1 is 1.00 bits per heavy atom. The lowest BCUT2D eigenvalue weighted by Crippen LogP contribution is -2.08. The molecule has 0 atom stereocenters. The molecule has 0 bridgehead atoms.